The molecule has 0 saturated heterocycles. The lowest BCUT2D eigenvalue weighted by Crippen LogP contribution is -2.46. The molecule has 0 radical (unpaired) electrons. The van der Waals surface area contributed by atoms with Crippen LogP contribution in [0.4, 0.5) is 30.2 Å². The highest BCUT2D eigenvalue weighted by Gasteiger charge is 2.31. The average Bonchev–Trinajstić information content (AvgIpc) is 2.73. The highest BCUT2D eigenvalue weighted by Crippen LogP contribution is 2.38. The van der Waals surface area contributed by atoms with Crippen LogP contribution < -0.4 is 15.5 Å². The molecular formula is C22H24F3N3O2. The second-order valence-electron chi connectivity index (χ2n) is 6.99. The number of hydrogen-bond donors (Lipinski definition) is 2. The van der Waals surface area contributed by atoms with Crippen molar-refractivity contribution < 1.29 is 22.7 Å². The largest absolute Gasteiger partial charge is 0.416 e. The van der Waals surface area contributed by atoms with Gasteiger partial charge in [0.05, 0.1) is 18.2 Å². The summed E-state index contributed by atoms with van der Waals surface area (Å²) in [4.78, 5) is 13.8. The van der Waals surface area contributed by atoms with Crippen LogP contribution >= 0.6 is 0 Å². The molecule has 1 aliphatic rings. The van der Waals surface area contributed by atoms with Crippen molar-refractivity contribution in [3.05, 3.63) is 66.2 Å². The number of hydrogen-bond acceptors (Lipinski definition) is 4. The van der Waals surface area contributed by atoms with Gasteiger partial charge < -0.3 is 20.3 Å². The van der Waals surface area contributed by atoms with E-state index in [1.165, 1.54) is 18.2 Å². The number of halogens is 3. The lowest BCUT2D eigenvalue weighted by molar-refractivity contribution is -0.137. The number of benzene rings is 2. The lowest BCUT2D eigenvalue weighted by atomic mass is 9.95. The molecule has 1 heterocycles. The Hall–Kier alpha value is -3.00. The van der Waals surface area contributed by atoms with E-state index in [0.717, 1.165) is 29.1 Å². The number of carbonyl (C=O) groups excluding carboxylic acids is 1. The van der Waals surface area contributed by atoms with E-state index < -0.39 is 11.7 Å². The molecule has 0 aliphatic carbocycles. The van der Waals surface area contributed by atoms with E-state index in [1.807, 2.05) is 23.1 Å². The van der Waals surface area contributed by atoms with Gasteiger partial charge >= 0.3 is 6.18 Å². The van der Waals surface area contributed by atoms with Crippen LogP contribution in [0.2, 0.25) is 0 Å². The van der Waals surface area contributed by atoms with E-state index in [-0.39, 0.29) is 11.9 Å². The van der Waals surface area contributed by atoms with Crippen LogP contribution in [0, 0.1) is 0 Å². The van der Waals surface area contributed by atoms with E-state index in [4.69, 9.17) is 4.74 Å². The fourth-order valence-electron chi connectivity index (χ4n) is 3.56. The number of alkyl halides is 3. The molecule has 8 heteroatoms. The monoisotopic (exact) mass is 419 g/mol. The van der Waals surface area contributed by atoms with Crippen molar-refractivity contribution in [1.82, 2.24) is 5.32 Å². The second kappa shape index (κ2) is 9.21. The topological polar surface area (TPSA) is 53.6 Å². The van der Waals surface area contributed by atoms with Crippen LogP contribution in [-0.2, 0) is 22.1 Å². The summed E-state index contributed by atoms with van der Waals surface area (Å²) in [6.45, 7) is 5.06. The first kappa shape index (κ1) is 21.7. The number of nitrogens with one attached hydrogen (secondary N) is 2. The van der Waals surface area contributed by atoms with Gasteiger partial charge in [-0.2, -0.15) is 13.2 Å². The van der Waals surface area contributed by atoms with E-state index in [1.54, 1.807) is 7.11 Å². The van der Waals surface area contributed by atoms with Crippen molar-refractivity contribution in [1.29, 1.82) is 0 Å². The van der Waals surface area contributed by atoms with Gasteiger partial charge in [0.25, 0.3) is 0 Å². The van der Waals surface area contributed by atoms with Crippen molar-refractivity contribution in [2.24, 2.45) is 0 Å². The number of amides is 1. The summed E-state index contributed by atoms with van der Waals surface area (Å²) >= 11 is 0. The number of carbonyl (C=O) groups is 1. The number of methoxy groups -OCH3 is 1. The minimum Gasteiger partial charge on any atom is -0.383 e. The van der Waals surface area contributed by atoms with E-state index in [2.05, 4.69) is 17.2 Å². The lowest BCUT2D eigenvalue weighted by Gasteiger charge is -2.37. The van der Waals surface area contributed by atoms with Gasteiger partial charge in [-0.1, -0.05) is 12.6 Å². The molecule has 0 bridgehead atoms. The summed E-state index contributed by atoms with van der Waals surface area (Å²) in [5, 5.41) is 6.24. The van der Waals surface area contributed by atoms with Crippen molar-refractivity contribution in [3.8, 4) is 0 Å². The molecule has 0 spiro atoms. The molecule has 160 valence electrons. The van der Waals surface area contributed by atoms with Crippen LogP contribution in [0.5, 0.6) is 0 Å². The summed E-state index contributed by atoms with van der Waals surface area (Å²) < 4.78 is 44.0. The Labute approximate surface area is 173 Å². The Morgan fingerprint density at radius 2 is 2.00 bits per heavy atom. The summed E-state index contributed by atoms with van der Waals surface area (Å²) in [5.41, 5.74) is 2.69. The molecule has 5 nitrogen and oxygen atoms in total. The SMILES string of the molecule is C=CC(=O)NC1Cc2c(NCCOC)cccc2N(c2ccc(C(F)(F)F)cc2)C1. The quantitative estimate of drug-likeness (QED) is 0.524. The van der Waals surface area contributed by atoms with E-state index >= 15 is 0 Å². The zero-order valence-electron chi connectivity index (χ0n) is 16.6. The first-order chi connectivity index (χ1) is 14.3. The third-order valence-electron chi connectivity index (χ3n) is 4.96. The molecule has 1 aliphatic heterocycles. The molecule has 1 unspecified atom stereocenters. The first-order valence-electron chi connectivity index (χ1n) is 9.56. The molecule has 2 N–H and O–H groups in total. The van der Waals surface area contributed by atoms with Crippen molar-refractivity contribution in [3.63, 3.8) is 0 Å². The molecule has 0 saturated carbocycles. The number of ether oxygens (including phenoxy) is 1. The number of anilines is 3. The normalized spacial score (nSPS) is 16.0. The minimum absolute atomic E-state index is 0.226. The highest BCUT2D eigenvalue weighted by molar-refractivity contribution is 5.87. The van der Waals surface area contributed by atoms with Gasteiger partial charge in [-0.15, -0.1) is 0 Å². The molecule has 0 aromatic heterocycles. The van der Waals surface area contributed by atoms with Gasteiger partial charge in [0.2, 0.25) is 5.91 Å². The standard InChI is InChI=1S/C22H24F3N3O2/c1-3-21(29)27-16-13-18-19(26-11-12-30-2)5-4-6-20(18)28(14-16)17-9-7-15(8-10-17)22(23,24)25/h3-10,16,26H,1,11-14H2,2H3,(H,27,29). The molecule has 0 fully saturated rings. The van der Waals surface area contributed by atoms with Crippen LogP contribution in [0.3, 0.4) is 0 Å². The Balaban J connectivity index is 1.97. The van der Waals surface area contributed by atoms with Crippen molar-refractivity contribution >= 4 is 23.0 Å². The number of rotatable bonds is 7. The summed E-state index contributed by atoms with van der Waals surface area (Å²) in [5.74, 6) is -0.291. The predicted octanol–water partition coefficient (Wildman–Crippen LogP) is 4.13. The van der Waals surface area contributed by atoms with Gasteiger partial charge in [0, 0.05) is 42.8 Å². The highest BCUT2D eigenvalue weighted by atomic mass is 19.4. The fourth-order valence-corrected chi connectivity index (χ4v) is 3.56. The molecule has 1 amide bonds. The molecule has 30 heavy (non-hydrogen) atoms. The Morgan fingerprint density at radius 1 is 1.27 bits per heavy atom. The van der Waals surface area contributed by atoms with Gasteiger partial charge in [-0.05, 0) is 48.9 Å². The molecule has 2 aromatic carbocycles. The van der Waals surface area contributed by atoms with Gasteiger partial charge in [0.1, 0.15) is 0 Å². The second-order valence-corrected chi connectivity index (χ2v) is 6.99. The molecular weight excluding hydrogens is 395 g/mol. The van der Waals surface area contributed by atoms with Crippen molar-refractivity contribution in [2.45, 2.75) is 18.6 Å². The zero-order valence-corrected chi connectivity index (χ0v) is 16.6. The third-order valence-corrected chi connectivity index (χ3v) is 4.96. The van der Waals surface area contributed by atoms with Crippen LogP contribution in [-0.4, -0.2) is 38.8 Å². The zero-order chi connectivity index (χ0) is 21.7. The van der Waals surface area contributed by atoms with Crippen LogP contribution in [0.25, 0.3) is 0 Å². The van der Waals surface area contributed by atoms with E-state index in [0.29, 0.717) is 31.8 Å². The Bertz CT molecular complexity index is 897. The number of fused-ring (bicyclic) bond motifs is 1. The Morgan fingerprint density at radius 3 is 2.63 bits per heavy atom. The van der Waals surface area contributed by atoms with Crippen LogP contribution in [0.1, 0.15) is 11.1 Å². The van der Waals surface area contributed by atoms with E-state index in [9.17, 15) is 18.0 Å². The van der Waals surface area contributed by atoms with Crippen molar-refractivity contribution in [2.75, 3.05) is 37.0 Å². The summed E-state index contributed by atoms with van der Waals surface area (Å²) in [6.07, 6.45) is -2.60. The van der Waals surface area contributed by atoms with Gasteiger partial charge in [0.15, 0.2) is 0 Å². The summed E-state index contributed by atoms with van der Waals surface area (Å²) in [7, 11) is 1.62. The maximum Gasteiger partial charge on any atom is 0.416 e. The number of nitrogens with zero attached hydrogens (tertiary/aromatic N) is 1. The Kier molecular flexibility index (Phi) is 6.66. The first-order valence-corrected chi connectivity index (χ1v) is 9.56. The molecule has 3 rings (SSSR count). The van der Waals surface area contributed by atoms with Crippen LogP contribution in [0.15, 0.2) is 55.1 Å². The molecule has 2 aromatic rings. The third kappa shape index (κ3) is 4.94. The van der Waals surface area contributed by atoms with Gasteiger partial charge in [-0.3, -0.25) is 4.79 Å². The maximum absolute atomic E-state index is 13.0. The maximum atomic E-state index is 13.0. The minimum atomic E-state index is -4.39. The summed E-state index contributed by atoms with van der Waals surface area (Å²) in [6, 6.07) is 10.6. The predicted molar refractivity (Wildman–Crippen MR) is 111 cm³/mol. The average molecular weight is 419 g/mol. The van der Waals surface area contributed by atoms with Gasteiger partial charge in [-0.25, -0.2) is 0 Å². The fraction of sp³-hybridized carbons (Fsp3) is 0.318. The molecule has 1 atom stereocenters. The smallest absolute Gasteiger partial charge is 0.383 e.